The average molecular weight is 459 g/mol. The van der Waals surface area contributed by atoms with E-state index in [4.69, 9.17) is 14.2 Å². The molecular weight excluding hydrogens is 429 g/mol. The van der Waals surface area contributed by atoms with Crippen molar-refractivity contribution in [3.8, 4) is 22.6 Å². The van der Waals surface area contributed by atoms with E-state index in [1.165, 1.54) is 7.11 Å². The number of hydrogen-bond acceptors (Lipinski definition) is 5. The van der Waals surface area contributed by atoms with Gasteiger partial charge in [0.15, 0.2) is 0 Å². The first kappa shape index (κ1) is 24.9. The predicted molar refractivity (Wildman–Crippen MR) is 137 cm³/mol. The third-order valence-electron chi connectivity index (χ3n) is 5.20. The van der Waals surface area contributed by atoms with Crippen molar-refractivity contribution in [1.82, 2.24) is 0 Å². The lowest BCUT2D eigenvalue weighted by atomic mass is 10.0. The standard InChI is InChI=1S/C27H30BNO5/c1-3-4-15-34-25-13-11-21(33-16-14-28)18-23(25)26(30)29-24-17-20(19-8-6-5-7-9-19)10-12-22(24)27(31)32-2/h5-13,17-18H,3-4,14-16,28H2,1-2H3,(H,29,30). The summed E-state index contributed by atoms with van der Waals surface area (Å²) in [6.45, 7) is 3.12. The predicted octanol–water partition coefficient (Wildman–Crippen LogP) is 5.00. The molecule has 0 radical (unpaired) electrons. The lowest BCUT2D eigenvalue weighted by Crippen LogP contribution is -2.17. The zero-order valence-electron chi connectivity index (χ0n) is 19.9. The van der Waals surface area contributed by atoms with Gasteiger partial charge in [-0.2, -0.15) is 0 Å². The van der Waals surface area contributed by atoms with Crippen molar-refractivity contribution in [2.24, 2.45) is 0 Å². The first-order chi connectivity index (χ1) is 16.6. The van der Waals surface area contributed by atoms with Gasteiger partial charge < -0.3 is 19.5 Å². The van der Waals surface area contributed by atoms with Crippen LogP contribution in [0.1, 0.15) is 40.5 Å². The average Bonchev–Trinajstić information content (AvgIpc) is 2.88. The molecule has 0 bridgehead atoms. The van der Waals surface area contributed by atoms with Crippen molar-refractivity contribution < 1.29 is 23.8 Å². The first-order valence-corrected chi connectivity index (χ1v) is 11.6. The second kappa shape index (κ2) is 12.5. The summed E-state index contributed by atoms with van der Waals surface area (Å²) in [5, 5.41) is 2.89. The summed E-state index contributed by atoms with van der Waals surface area (Å²) < 4.78 is 16.5. The topological polar surface area (TPSA) is 73.9 Å². The molecule has 0 unspecified atom stereocenters. The quantitative estimate of drug-likeness (QED) is 0.248. The van der Waals surface area contributed by atoms with Gasteiger partial charge in [-0.3, -0.25) is 4.79 Å². The van der Waals surface area contributed by atoms with E-state index in [9.17, 15) is 9.59 Å². The fraction of sp³-hybridized carbons (Fsp3) is 0.259. The molecule has 0 fully saturated rings. The van der Waals surface area contributed by atoms with Crippen LogP contribution in [0.2, 0.25) is 6.32 Å². The van der Waals surface area contributed by atoms with Crippen molar-refractivity contribution in [3.05, 3.63) is 77.9 Å². The van der Waals surface area contributed by atoms with Crippen LogP contribution >= 0.6 is 0 Å². The Morgan fingerprint density at radius 2 is 1.68 bits per heavy atom. The summed E-state index contributed by atoms with van der Waals surface area (Å²) in [6.07, 6.45) is 2.71. The number of nitrogens with one attached hydrogen (secondary N) is 1. The molecule has 34 heavy (non-hydrogen) atoms. The molecule has 0 aliphatic rings. The Morgan fingerprint density at radius 1 is 0.882 bits per heavy atom. The largest absolute Gasteiger partial charge is 0.494 e. The van der Waals surface area contributed by atoms with E-state index in [1.54, 1.807) is 30.3 Å². The van der Waals surface area contributed by atoms with Gasteiger partial charge in [-0.15, -0.1) is 0 Å². The minimum Gasteiger partial charge on any atom is -0.494 e. The van der Waals surface area contributed by atoms with Crippen LogP contribution in [0.3, 0.4) is 0 Å². The van der Waals surface area contributed by atoms with Gasteiger partial charge in [0.05, 0.1) is 37.1 Å². The van der Waals surface area contributed by atoms with Crippen LogP contribution in [0.4, 0.5) is 5.69 Å². The molecule has 3 rings (SSSR count). The molecule has 0 saturated heterocycles. The Hall–Kier alpha value is -3.74. The van der Waals surface area contributed by atoms with Crippen LogP contribution in [0.25, 0.3) is 11.1 Å². The Bertz CT molecular complexity index is 1120. The zero-order valence-corrected chi connectivity index (χ0v) is 19.9. The van der Waals surface area contributed by atoms with Crippen LogP contribution in [-0.2, 0) is 4.74 Å². The molecule has 176 valence electrons. The van der Waals surface area contributed by atoms with Gasteiger partial charge in [0, 0.05) is 0 Å². The molecule has 0 atom stereocenters. The van der Waals surface area contributed by atoms with Crippen LogP contribution in [0.5, 0.6) is 11.5 Å². The summed E-state index contributed by atoms with van der Waals surface area (Å²) in [5.41, 5.74) is 2.79. The summed E-state index contributed by atoms with van der Waals surface area (Å²) in [4.78, 5) is 25.8. The summed E-state index contributed by atoms with van der Waals surface area (Å²) in [6, 6.07) is 20.2. The third kappa shape index (κ3) is 6.41. The maximum atomic E-state index is 13.4. The fourth-order valence-corrected chi connectivity index (χ4v) is 3.38. The maximum Gasteiger partial charge on any atom is 0.339 e. The van der Waals surface area contributed by atoms with Crippen LogP contribution in [-0.4, -0.2) is 40.0 Å². The highest BCUT2D eigenvalue weighted by Crippen LogP contribution is 2.29. The molecule has 1 N–H and O–H groups in total. The van der Waals surface area contributed by atoms with Gasteiger partial charge in [-0.05, 0) is 54.2 Å². The fourth-order valence-electron chi connectivity index (χ4n) is 3.38. The molecule has 0 aliphatic heterocycles. The number of ether oxygens (including phenoxy) is 3. The van der Waals surface area contributed by atoms with E-state index in [0.29, 0.717) is 36.0 Å². The third-order valence-corrected chi connectivity index (χ3v) is 5.20. The number of anilines is 1. The van der Waals surface area contributed by atoms with Gasteiger partial charge in [-0.25, -0.2) is 4.79 Å². The Balaban J connectivity index is 1.97. The van der Waals surface area contributed by atoms with Crippen LogP contribution < -0.4 is 14.8 Å². The monoisotopic (exact) mass is 459 g/mol. The van der Waals surface area contributed by atoms with Crippen LogP contribution in [0.15, 0.2) is 66.7 Å². The van der Waals surface area contributed by atoms with Crippen molar-refractivity contribution in [3.63, 3.8) is 0 Å². The highest BCUT2D eigenvalue weighted by atomic mass is 16.5. The summed E-state index contributed by atoms with van der Waals surface area (Å²) >= 11 is 0. The molecule has 3 aromatic carbocycles. The van der Waals surface area contributed by atoms with E-state index < -0.39 is 11.9 Å². The number of benzene rings is 3. The zero-order chi connectivity index (χ0) is 24.3. The number of unbranched alkanes of at least 4 members (excludes halogenated alkanes) is 1. The normalized spacial score (nSPS) is 10.4. The van der Waals surface area contributed by atoms with Crippen molar-refractivity contribution in [1.29, 1.82) is 0 Å². The van der Waals surface area contributed by atoms with Gasteiger partial charge in [-0.1, -0.05) is 49.7 Å². The Morgan fingerprint density at radius 3 is 2.38 bits per heavy atom. The smallest absolute Gasteiger partial charge is 0.339 e. The number of amides is 1. The minimum absolute atomic E-state index is 0.266. The van der Waals surface area contributed by atoms with Gasteiger partial charge in [0.25, 0.3) is 5.91 Å². The highest BCUT2D eigenvalue weighted by Gasteiger charge is 2.19. The maximum absolute atomic E-state index is 13.4. The Kier molecular flexibility index (Phi) is 9.15. The lowest BCUT2D eigenvalue weighted by Gasteiger charge is -2.16. The van der Waals surface area contributed by atoms with E-state index in [-0.39, 0.29) is 5.56 Å². The molecule has 0 saturated carbocycles. The number of carbonyl (C=O) groups is 2. The van der Waals surface area contributed by atoms with Gasteiger partial charge in [0.1, 0.15) is 19.3 Å². The molecule has 6 nitrogen and oxygen atoms in total. The summed E-state index contributed by atoms with van der Waals surface area (Å²) in [7, 11) is 3.33. The lowest BCUT2D eigenvalue weighted by molar-refractivity contribution is 0.0602. The Labute approximate surface area is 201 Å². The number of esters is 1. The van der Waals surface area contributed by atoms with Gasteiger partial charge >= 0.3 is 5.97 Å². The van der Waals surface area contributed by atoms with E-state index in [2.05, 4.69) is 12.2 Å². The molecular formula is C27H30BNO5. The summed E-state index contributed by atoms with van der Waals surface area (Å²) in [5.74, 6) is 0.118. The van der Waals surface area contributed by atoms with Crippen molar-refractivity contribution in [2.75, 3.05) is 25.6 Å². The molecule has 1 amide bonds. The number of methoxy groups -OCH3 is 1. The first-order valence-electron chi connectivity index (χ1n) is 11.6. The molecule has 3 aromatic rings. The van der Waals surface area contributed by atoms with E-state index in [1.807, 2.05) is 44.2 Å². The van der Waals surface area contributed by atoms with Crippen molar-refractivity contribution in [2.45, 2.75) is 26.1 Å². The highest BCUT2D eigenvalue weighted by molar-refractivity contribution is 6.10. The number of hydrogen-bond donors (Lipinski definition) is 1. The number of carbonyl (C=O) groups excluding carboxylic acids is 2. The SMILES string of the molecule is BCCOc1ccc(OCCCC)c(C(=O)Nc2cc(-c3ccccc3)ccc2C(=O)OC)c1. The number of rotatable bonds is 11. The minimum atomic E-state index is -0.533. The van der Waals surface area contributed by atoms with Gasteiger partial charge in [0.2, 0.25) is 0 Å². The molecule has 0 aromatic heterocycles. The van der Waals surface area contributed by atoms with E-state index >= 15 is 0 Å². The molecule has 0 spiro atoms. The molecule has 0 aliphatic carbocycles. The second-order valence-electron chi connectivity index (χ2n) is 7.78. The van der Waals surface area contributed by atoms with Crippen molar-refractivity contribution >= 4 is 25.4 Å². The molecule has 7 heteroatoms. The molecule has 0 heterocycles. The van der Waals surface area contributed by atoms with E-state index in [0.717, 1.165) is 30.3 Å². The van der Waals surface area contributed by atoms with Crippen LogP contribution in [0, 0.1) is 0 Å². The second-order valence-corrected chi connectivity index (χ2v) is 7.78.